The molecule has 0 bridgehead atoms. The van der Waals surface area contributed by atoms with Gasteiger partial charge in [-0.05, 0) is 37.5 Å². The van der Waals surface area contributed by atoms with E-state index in [4.69, 9.17) is 0 Å². The maximum atomic E-state index is 12.9. The zero-order valence-corrected chi connectivity index (χ0v) is 19.4. The first kappa shape index (κ1) is 24.6. The molecular weight excluding hydrogens is 448 g/mol. The molecule has 0 aliphatic carbocycles. The van der Waals surface area contributed by atoms with Crippen molar-refractivity contribution in [3.8, 4) is 6.07 Å². The highest BCUT2D eigenvalue weighted by Crippen LogP contribution is 2.21. The largest absolute Gasteiger partial charge is 0.339 e. The van der Waals surface area contributed by atoms with Crippen molar-refractivity contribution in [1.29, 1.82) is 5.26 Å². The molecule has 1 aliphatic heterocycles. The molecule has 1 heterocycles. The summed E-state index contributed by atoms with van der Waals surface area (Å²) in [6.07, 6.45) is 2.23. The molecule has 1 aliphatic rings. The lowest BCUT2D eigenvalue weighted by Gasteiger charge is -2.36. The number of thioether (sulfide) groups is 1. The van der Waals surface area contributed by atoms with Gasteiger partial charge in [0.1, 0.15) is 12.1 Å². The molecule has 166 valence electrons. The van der Waals surface area contributed by atoms with Crippen LogP contribution in [0.25, 0.3) is 0 Å². The molecule has 2 rings (SSSR count). The van der Waals surface area contributed by atoms with E-state index >= 15 is 0 Å². The second-order valence-corrected chi connectivity index (χ2v) is 11.6. The summed E-state index contributed by atoms with van der Waals surface area (Å²) in [7, 11) is -7.42. The molecule has 0 saturated carbocycles. The van der Waals surface area contributed by atoms with Gasteiger partial charge in [0.2, 0.25) is 26.0 Å². The molecule has 0 spiro atoms. The molecular formula is C18H26N4O5S3. The number of hydrogen-bond donors (Lipinski definition) is 1. The predicted molar refractivity (Wildman–Crippen MR) is 116 cm³/mol. The van der Waals surface area contributed by atoms with Crippen molar-refractivity contribution in [1.82, 2.24) is 13.9 Å². The van der Waals surface area contributed by atoms with Gasteiger partial charge < -0.3 is 4.90 Å². The molecule has 0 aromatic heterocycles. The highest BCUT2D eigenvalue weighted by molar-refractivity contribution is 7.98. The van der Waals surface area contributed by atoms with Gasteiger partial charge in [-0.3, -0.25) is 4.79 Å². The summed E-state index contributed by atoms with van der Waals surface area (Å²) >= 11 is 1.51. The van der Waals surface area contributed by atoms with Crippen molar-refractivity contribution < 1.29 is 21.6 Å². The summed E-state index contributed by atoms with van der Waals surface area (Å²) in [5.74, 6) is 0.137. The van der Waals surface area contributed by atoms with Crippen molar-refractivity contribution in [3.63, 3.8) is 0 Å². The minimum absolute atomic E-state index is 0.0548. The number of hydrogen-bond acceptors (Lipinski definition) is 7. The maximum absolute atomic E-state index is 12.9. The predicted octanol–water partition coefficient (Wildman–Crippen LogP) is 0.452. The second-order valence-electron chi connectivity index (χ2n) is 6.69. The summed E-state index contributed by atoms with van der Waals surface area (Å²) in [5, 5.41) is 9.20. The van der Waals surface area contributed by atoms with Crippen LogP contribution in [0.3, 0.4) is 0 Å². The summed E-state index contributed by atoms with van der Waals surface area (Å²) < 4.78 is 53.5. The van der Waals surface area contributed by atoms with Crippen LogP contribution in [0.15, 0.2) is 29.2 Å². The van der Waals surface area contributed by atoms with E-state index in [1.165, 1.54) is 40.0 Å². The van der Waals surface area contributed by atoms with Gasteiger partial charge in [-0.15, -0.1) is 0 Å². The third-order valence-corrected chi connectivity index (χ3v) is 8.79. The first-order valence-corrected chi connectivity index (χ1v) is 13.9. The van der Waals surface area contributed by atoms with E-state index in [0.717, 1.165) is 0 Å². The lowest BCUT2D eigenvalue weighted by molar-refractivity contribution is -0.134. The zero-order valence-electron chi connectivity index (χ0n) is 16.9. The fraction of sp³-hybridized carbons (Fsp3) is 0.556. The van der Waals surface area contributed by atoms with Crippen molar-refractivity contribution >= 4 is 37.7 Å². The van der Waals surface area contributed by atoms with Gasteiger partial charge in [-0.25, -0.2) is 21.6 Å². The topological polar surface area (TPSA) is 128 Å². The van der Waals surface area contributed by atoms with E-state index in [2.05, 4.69) is 4.72 Å². The third-order valence-electron chi connectivity index (χ3n) is 4.79. The minimum Gasteiger partial charge on any atom is -0.339 e. The van der Waals surface area contributed by atoms with Crippen molar-refractivity contribution in [2.24, 2.45) is 0 Å². The summed E-state index contributed by atoms with van der Waals surface area (Å²) in [6.45, 7) is 1.95. The van der Waals surface area contributed by atoms with Gasteiger partial charge in [0.15, 0.2) is 0 Å². The summed E-state index contributed by atoms with van der Waals surface area (Å²) in [6, 6.07) is 7.02. The number of nitrogens with zero attached hydrogens (tertiary/aromatic N) is 3. The van der Waals surface area contributed by atoms with E-state index < -0.39 is 26.1 Å². The lowest BCUT2D eigenvalue weighted by Crippen LogP contribution is -2.56. The average molecular weight is 475 g/mol. The van der Waals surface area contributed by atoms with Crippen LogP contribution >= 0.6 is 11.8 Å². The van der Waals surface area contributed by atoms with Crippen LogP contribution in [0.5, 0.6) is 0 Å². The molecule has 1 fully saturated rings. The Bertz CT molecular complexity index is 997. The first-order valence-electron chi connectivity index (χ1n) is 9.43. The van der Waals surface area contributed by atoms with E-state index in [-0.39, 0.29) is 48.3 Å². The first-order chi connectivity index (χ1) is 14.2. The van der Waals surface area contributed by atoms with Crippen molar-refractivity contribution in [2.45, 2.75) is 24.3 Å². The van der Waals surface area contributed by atoms with Gasteiger partial charge in [0.05, 0.1) is 16.2 Å². The number of carbonyl (C=O) groups excluding carboxylic acids is 1. The van der Waals surface area contributed by atoms with Gasteiger partial charge in [-0.1, -0.05) is 12.1 Å². The summed E-state index contributed by atoms with van der Waals surface area (Å²) in [4.78, 5) is 14.3. The van der Waals surface area contributed by atoms with Gasteiger partial charge >= 0.3 is 0 Å². The number of amides is 1. The van der Waals surface area contributed by atoms with Crippen LogP contribution in [0, 0.1) is 11.3 Å². The Morgan fingerprint density at radius 1 is 1.20 bits per heavy atom. The Balaban J connectivity index is 2.11. The molecule has 1 aromatic carbocycles. The third kappa shape index (κ3) is 5.95. The standard InChI is InChI=1S/C18H26N4O5S3/c1-3-29(24,25)20-16(8-13-28-2)18(23)21-9-11-22(12-10-21)30(26,27)17-7-5-4-6-15(17)14-19/h4-7,16,20H,3,8-13H2,1-2H3. The Morgan fingerprint density at radius 3 is 2.40 bits per heavy atom. The molecule has 1 aromatic rings. The molecule has 1 saturated heterocycles. The second kappa shape index (κ2) is 10.6. The van der Waals surface area contributed by atoms with Gasteiger partial charge in [0, 0.05) is 26.2 Å². The van der Waals surface area contributed by atoms with Crippen molar-refractivity contribution in [2.75, 3.05) is 43.9 Å². The smallest absolute Gasteiger partial charge is 0.244 e. The molecule has 12 heteroatoms. The number of sulfonamides is 2. The zero-order chi connectivity index (χ0) is 22.4. The monoisotopic (exact) mass is 474 g/mol. The van der Waals surface area contributed by atoms with E-state index in [1.807, 2.05) is 12.3 Å². The molecule has 9 nitrogen and oxygen atoms in total. The lowest BCUT2D eigenvalue weighted by atomic mass is 10.2. The van der Waals surface area contributed by atoms with Gasteiger partial charge in [0.25, 0.3) is 0 Å². The summed E-state index contributed by atoms with van der Waals surface area (Å²) in [5.41, 5.74) is 0.0714. The number of nitriles is 1. The fourth-order valence-electron chi connectivity index (χ4n) is 3.06. The number of rotatable bonds is 9. The van der Waals surface area contributed by atoms with Crippen LogP contribution in [0.4, 0.5) is 0 Å². The molecule has 1 N–H and O–H groups in total. The number of benzene rings is 1. The van der Waals surface area contributed by atoms with E-state index in [1.54, 1.807) is 12.1 Å². The van der Waals surface area contributed by atoms with Crippen LogP contribution < -0.4 is 4.72 Å². The highest BCUT2D eigenvalue weighted by atomic mass is 32.2. The normalized spacial score (nSPS) is 16.8. The SMILES string of the molecule is CCS(=O)(=O)NC(CCSC)C(=O)N1CCN(S(=O)(=O)c2ccccc2C#N)CC1. The van der Waals surface area contributed by atoms with Crippen LogP contribution in [-0.4, -0.2) is 81.9 Å². The number of carbonyl (C=O) groups is 1. The number of nitrogens with one attached hydrogen (secondary N) is 1. The Labute approximate surface area is 182 Å². The quantitative estimate of drug-likeness (QED) is 0.550. The molecule has 30 heavy (non-hydrogen) atoms. The molecule has 1 amide bonds. The van der Waals surface area contributed by atoms with Crippen LogP contribution in [-0.2, 0) is 24.8 Å². The fourth-order valence-corrected chi connectivity index (χ4v) is 5.92. The highest BCUT2D eigenvalue weighted by Gasteiger charge is 2.34. The van der Waals surface area contributed by atoms with E-state index in [9.17, 15) is 26.9 Å². The van der Waals surface area contributed by atoms with Crippen LogP contribution in [0.2, 0.25) is 0 Å². The maximum Gasteiger partial charge on any atom is 0.244 e. The van der Waals surface area contributed by atoms with E-state index in [0.29, 0.717) is 12.2 Å². The Morgan fingerprint density at radius 2 is 1.83 bits per heavy atom. The molecule has 0 radical (unpaired) electrons. The minimum atomic E-state index is -3.86. The number of piperazine rings is 1. The Hall–Kier alpha value is -1.65. The average Bonchev–Trinajstić information content (AvgIpc) is 2.76. The molecule has 1 unspecified atom stereocenters. The van der Waals surface area contributed by atoms with Gasteiger partial charge in [-0.2, -0.15) is 21.3 Å². The van der Waals surface area contributed by atoms with Crippen LogP contribution in [0.1, 0.15) is 18.9 Å². The molecule has 1 atom stereocenters. The van der Waals surface area contributed by atoms with Crippen molar-refractivity contribution in [3.05, 3.63) is 29.8 Å². The Kier molecular flexibility index (Phi) is 8.69.